The van der Waals surface area contributed by atoms with Gasteiger partial charge in [-0.15, -0.1) is 0 Å². The first kappa shape index (κ1) is 23.9. The number of imidazole rings is 3. The Morgan fingerprint density at radius 1 is 0.654 bits per heavy atom. The Labute approximate surface area is 155 Å². The highest BCUT2D eigenvalue weighted by Crippen LogP contribution is 2.38. The predicted molar refractivity (Wildman–Crippen MR) is 103 cm³/mol. The van der Waals surface area contributed by atoms with Gasteiger partial charge in [-0.3, -0.25) is 0 Å². The van der Waals surface area contributed by atoms with Crippen molar-refractivity contribution in [1.82, 2.24) is 28.7 Å². The number of hydrogen-bond acceptors (Lipinski definition) is 6. The van der Waals surface area contributed by atoms with Gasteiger partial charge in [-0.25, -0.2) is 15.0 Å². The number of rotatable bonds is 0. The van der Waals surface area contributed by atoms with Crippen LogP contribution < -0.4 is 0 Å². The van der Waals surface area contributed by atoms with E-state index in [2.05, 4.69) is 15.0 Å². The van der Waals surface area contributed by atoms with Crippen molar-refractivity contribution >= 4 is 7.94 Å². The summed E-state index contributed by atoms with van der Waals surface area (Å²) < 4.78 is 5.92. The summed E-state index contributed by atoms with van der Waals surface area (Å²) in [7, 11) is 2.53. The summed E-state index contributed by atoms with van der Waals surface area (Å²) in [6.07, 6.45) is 11.1. The summed E-state index contributed by atoms with van der Waals surface area (Å²) >= 11 is 0. The normalized spacial score (nSPS) is 9.92. The molecule has 10 heteroatoms. The van der Waals surface area contributed by atoms with Crippen molar-refractivity contribution in [3.05, 3.63) is 54.7 Å². The summed E-state index contributed by atoms with van der Waals surface area (Å²) in [5.74, 6) is 3.17. The summed E-state index contributed by atoms with van der Waals surface area (Å²) in [4.78, 5) is 35.2. The number of hydrogen-bond donors (Lipinski definition) is 3. The average molecular weight is 385 g/mol. The first-order valence-corrected chi connectivity index (χ1v) is 9.87. The largest absolute Gasteiger partial charge is 0.400 e. The quantitative estimate of drug-likeness (QED) is 0.506. The van der Waals surface area contributed by atoms with Gasteiger partial charge in [0.25, 0.3) is 0 Å². The first-order chi connectivity index (χ1) is 11.9. The molecule has 146 valence electrons. The second-order valence-electron chi connectivity index (χ2n) is 5.62. The fourth-order valence-corrected chi connectivity index (χ4v) is 1.32. The maximum atomic E-state index is 7.74. The van der Waals surface area contributed by atoms with Crippen molar-refractivity contribution in [2.45, 2.75) is 20.8 Å². The van der Waals surface area contributed by atoms with Crippen LogP contribution in [0.5, 0.6) is 0 Å². The first-order valence-electron chi connectivity index (χ1n) is 7.78. The van der Waals surface area contributed by atoms with Crippen molar-refractivity contribution in [2.24, 2.45) is 21.1 Å². The number of aromatic nitrogens is 6. The molecule has 0 aliphatic heterocycles. The van der Waals surface area contributed by atoms with E-state index in [0.29, 0.717) is 0 Å². The molecule has 0 aliphatic carbocycles. The molecule has 26 heavy (non-hydrogen) atoms. The molecule has 0 bridgehead atoms. The zero-order chi connectivity index (χ0) is 20.3. The molecule has 0 radical (unpaired) electrons. The van der Waals surface area contributed by atoms with Gasteiger partial charge in [0, 0.05) is 58.3 Å². The number of aryl methyl sites for hydroxylation is 6. The van der Waals surface area contributed by atoms with Gasteiger partial charge in [0.15, 0.2) is 0 Å². The second kappa shape index (κ2) is 11.5. The van der Waals surface area contributed by atoms with E-state index in [9.17, 15) is 0 Å². The second-order valence-corrected chi connectivity index (χ2v) is 7.36. The molecular weight excluding hydrogens is 355 g/mol. The zero-order valence-electron chi connectivity index (χ0n) is 16.4. The van der Waals surface area contributed by atoms with Gasteiger partial charge < -0.3 is 13.7 Å². The van der Waals surface area contributed by atoms with Crippen LogP contribution in [-0.4, -0.2) is 50.0 Å². The third kappa shape index (κ3) is 12.3. The monoisotopic (exact) mass is 385 g/mol. The molecule has 0 unspecified atom stereocenters. The zero-order valence-corrected chi connectivity index (χ0v) is 17.3. The van der Waals surface area contributed by atoms with Crippen LogP contribution in [0.2, 0.25) is 0 Å². The third-order valence-electron chi connectivity index (χ3n) is 3.19. The van der Waals surface area contributed by atoms with Crippen LogP contribution in [0.4, 0.5) is 0 Å². The molecule has 0 aromatic carbocycles. The van der Waals surface area contributed by atoms with E-state index in [1.807, 2.05) is 74.2 Å². The molecule has 9 nitrogen and oxygen atoms in total. The Bertz CT molecular complexity index is 599. The van der Waals surface area contributed by atoms with Crippen LogP contribution in [0.15, 0.2) is 37.2 Å². The van der Waals surface area contributed by atoms with Crippen LogP contribution in [-0.2, 0) is 21.1 Å². The molecule has 0 saturated heterocycles. The molecule has 3 rings (SSSR count). The van der Waals surface area contributed by atoms with Crippen molar-refractivity contribution in [1.29, 1.82) is 0 Å². The van der Waals surface area contributed by atoms with Crippen LogP contribution in [0.25, 0.3) is 0 Å². The minimum atomic E-state index is -3.39. The maximum absolute atomic E-state index is 7.74. The minimum absolute atomic E-state index is 0.965. The van der Waals surface area contributed by atoms with Gasteiger partial charge in [0.2, 0.25) is 0 Å². The Balaban J connectivity index is 0.000000324. The summed E-state index contributed by atoms with van der Waals surface area (Å²) in [6.45, 7) is 6.88. The van der Waals surface area contributed by atoms with E-state index in [1.165, 1.54) is 0 Å². The fourth-order valence-electron chi connectivity index (χ4n) is 1.32. The lowest BCUT2D eigenvalue weighted by Crippen LogP contribution is -1.86. The van der Waals surface area contributed by atoms with Crippen LogP contribution >= 0.6 is 7.94 Å². The van der Waals surface area contributed by atoms with E-state index in [4.69, 9.17) is 14.7 Å². The van der Waals surface area contributed by atoms with E-state index in [0.717, 1.165) is 24.1 Å². The molecule has 0 aliphatic rings. The molecule has 3 N–H and O–H groups in total. The third-order valence-corrected chi connectivity index (χ3v) is 3.19. The molecular formula is C16H30N6O3P+. The van der Waals surface area contributed by atoms with Crippen LogP contribution in [0, 0.1) is 20.8 Å². The lowest BCUT2D eigenvalue weighted by atomic mass is 10.7. The molecule has 0 saturated carbocycles. The van der Waals surface area contributed by atoms with E-state index >= 15 is 0 Å². The van der Waals surface area contributed by atoms with Gasteiger partial charge in [0.1, 0.15) is 24.1 Å². The molecule has 0 atom stereocenters. The predicted octanol–water partition coefficient (Wildman–Crippen LogP) is 1.54. The van der Waals surface area contributed by atoms with Crippen LogP contribution in [0.1, 0.15) is 17.5 Å². The summed E-state index contributed by atoms with van der Waals surface area (Å²) in [5.41, 5.74) is 0. The lowest BCUT2D eigenvalue weighted by Gasteiger charge is -1.88. The standard InChI is InChI=1S/3C5H8N2.CH6O3P/c3*1-5-6-3-4-7(5)2;1-5(2,3)4/h3*3-4H,1-2H3;2-4H,1H3/q;;;+1. The smallest absolute Gasteiger partial charge is 0.338 e. The summed E-state index contributed by atoms with van der Waals surface area (Å²) in [6, 6.07) is 0. The summed E-state index contributed by atoms with van der Waals surface area (Å²) in [5, 5.41) is 0. The van der Waals surface area contributed by atoms with Crippen molar-refractivity contribution in [3.63, 3.8) is 0 Å². The highest BCUT2D eigenvalue weighted by atomic mass is 31.2. The Morgan fingerprint density at radius 3 is 0.885 bits per heavy atom. The van der Waals surface area contributed by atoms with Gasteiger partial charge in [0.05, 0.1) is 0 Å². The Hall–Kier alpha value is -2.06. The molecule has 3 aromatic rings. The van der Waals surface area contributed by atoms with E-state index < -0.39 is 7.94 Å². The van der Waals surface area contributed by atoms with Gasteiger partial charge >= 0.3 is 7.94 Å². The molecule has 0 amide bonds. The minimum Gasteiger partial charge on any atom is -0.338 e. The highest BCUT2D eigenvalue weighted by molar-refractivity contribution is 7.57. The van der Waals surface area contributed by atoms with E-state index in [-0.39, 0.29) is 0 Å². The van der Waals surface area contributed by atoms with Gasteiger partial charge in [-0.2, -0.15) is 14.7 Å². The highest BCUT2D eigenvalue weighted by Gasteiger charge is 2.17. The average Bonchev–Trinajstić information content (AvgIpc) is 3.18. The van der Waals surface area contributed by atoms with Gasteiger partial charge in [-0.05, 0) is 20.8 Å². The Morgan fingerprint density at radius 2 is 0.846 bits per heavy atom. The van der Waals surface area contributed by atoms with E-state index in [1.54, 1.807) is 18.6 Å². The van der Waals surface area contributed by atoms with Gasteiger partial charge in [-0.1, -0.05) is 0 Å². The van der Waals surface area contributed by atoms with Crippen LogP contribution in [0.3, 0.4) is 0 Å². The maximum Gasteiger partial charge on any atom is 0.400 e. The van der Waals surface area contributed by atoms with Crippen molar-refractivity contribution < 1.29 is 14.7 Å². The molecule has 3 heterocycles. The SMILES string of the molecule is C[P+](O)(O)O.Cc1nccn1C.Cc1nccn1C.Cc1nccn1C. The molecule has 0 fully saturated rings. The van der Waals surface area contributed by atoms with Crippen molar-refractivity contribution in [2.75, 3.05) is 6.66 Å². The molecule has 3 aromatic heterocycles. The fraction of sp³-hybridized carbons (Fsp3) is 0.438. The Kier molecular flexibility index (Phi) is 10.6. The molecule has 0 spiro atoms. The topological polar surface area (TPSA) is 114 Å². The van der Waals surface area contributed by atoms with Crippen molar-refractivity contribution in [3.8, 4) is 0 Å². The number of nitrogens with zero attached hydrogens (tertiary/aromatic N) is 6. The lowest BCUT2D eigenvalue weighted by molar-refractivity contribution is 0.340.